The number of nitrogens with two attached hydrogens (primary N) is 2. The second-order valence-corrected chi connectivity index (χ2v) is 4.13. The fourth-order valence-corrected chi connectivity index (χ4v) is 1.55. The Kier molecular flexibility index (Phi) is 5.17. The highest BCUT2D eigenvalue weighted by atomic mass is 15.2. The van der Waals surface area contributed by atoms with E-state index in [0.29, 0.717) is 6.54 Å². The van der Waals surface area contributed by atoms with Gasteiger partial charge in [0.2, 0.25) is 11.9 Å². The van der Waals surface area contributed by atoms with E-state index in [2.05, 4.69) is 15.3 Å². The van der Waals surface area contributed by atoms with Gasteiger partial charge in [0.25, 0.3) is 0 Å². The minimum atomic E-state index is 0.202. The molecule has 18 heavy (non-hydrogen) atoms. The molecule has 98 valence electrons. The van der Waals surface area contributed by atoms with E-state index in [9.17, 15) is 0 Å². The van der Waals surface area contributed by atoms with Crippen molar-refractivity contribution in [1.29, 1.82) is 0 Å². The predicted molar refractivity (Wildman–Crippen MR) is 77.9 cm³/mol. The number of anilines is 1. The van der Waals surface area contributed by atoms with Crippen molar-refractivity contribution in [2.75, 3.05) is 11.9 Å². The molecule has 1 aromatic carbocycles. The van der Waals surface area contributed by atoms with E-state index in [0.717, 1.165) is 23.2 Å². The molecule has 0 heterocycles. The molecule has 0 spiro atoms. The number of rotatable bonds is 3. The summed E-state index contributed by atoms with van der Waals surface area (Å²) in [6, 6.07) is 6.02. The summed E-state index contributed by atoms with van der Waals surface area (Å²) in [5, 5.41) is 3.05. The van der Waals surface area contributed by atoms with Gasteiger partial charge in [-0.3, -0.25) is 4.99 Å². The Morgan fingerprint density at radius 3 is 2.39 bits per heavy atom. The molecular weight excluding hydrogens is 226 g/mol. The summed E-state index contributed by atoms with van der Waals surface area (Å²) in [5.41, 5.74) is 14.6. The van der Waals surface area contributed by atoms with E-state index in [4.69, 9.17) is 11.5 Å². The third-order valence-electron chi connectivity index (χ3n) is 2.47. The summed E-state index contributed by atoms with van der Waals surface area (Å²) in [6.07, 6.45) is 0.931. The topological polar surface area (TPSA) is 88.8 Å². The van der Waals surface area contributed by atoms with E-state index in [1.807, 2.05) is 39.0 Å². The average molecular weight is 247 g/mol. The summed E-state index contributed by atoms with van der Waals surface area (Å²) in [4.78, 5) is 8.06. The van der Waals surface area contributed by atoms with Crippen LogP contribution in [0, 0.1) is 13.8 Å². The van der Waals surface area contributed by atoms with Crippen molar-refractivity contribution in [3.63, 3.8) is 0 Å². The molecule has 0 saturated carbocycles. The van der Waals surface area contributed by atoms with Gasteiger partial charge in [0, 0.05) is 12.2 Å². The Bertz CT molecular complexity index is 442. The van der Waals surface area contributed by atoms with Crippen LogP contribution in [0.3, 0.4) is 0 Å². The zero-order valence-electron chi connectivity index (χ0n) is 11.2. The second-order valence-electron chi connectivity index (χ2n) is 4.13. The highest BCUT2D eigenvalue weighted by Crippen LogP contribution is 2.18. The number of nitrogens with zero attached hydrogens (tertiary/aromatic N) is 2. The standard InChI is InChI=1S/C13H21N5/c1-4-8-16-12(14)18-13(15)17-11-9(2)6-5-7-10(11)3/h5-7H,4,8H2,1-3H3,(H5,14,15,16,17,18). The first-order valence-corrected chi connectivity index (χ1v) is 6.02. The lowest BCUT2D eigenvalue weighted by molar-refractivity contribution is 0.927. The zero-order chi connectivity index (χ0) is 13.5. The smallest absolute Gasteiger partial charge is 0.218 e. The van der Waals surface area contributed by atoms with Crippen molar-refractivity contribution in [3.05, 3.63) is 29.3 Å². The van der Waals surface area contributed by atoms with Crippen molar-refractivity contribution < 1.29 is 0 Å². The van der Waals surface area contributed by atoms with Crippen LogP contribution >= 0.6 is 0 Å². The van der Waals surface area contributed by atoms with Crippen molar-refractivity contribution in [3.8, 4) is 0 Å². The predicted octanol–water partition coefficient (Wildman–Crippen LogP) is 1.75. The Hall–Kier alpha value is -2.04. The minimum Gasteiger partial charge on any atom is -0.369 e. The molecule has 0 bridgehead atoms. The molecule has 5 nitrogen and oxygen atoms in total. The van der Waals surface area contributed by atoms with Gasteiger partial charge in [-0.1, -0.05) is 25.1 Å². The molecule has 5 heteroatoms. The second kappa shape index (κ2) is 6.64. The van der Waals surface area contributed by atoms with Gasteiger partial charge in [0.15, 0.2) is 0 Å². The molecule has 0 saturated heterocycles. The van der Waals surface area contributed by atoms with Crippen LogP contribution in [-0.4, -0.2) is 18.5 Å². The number of hydrogen-bond acceptors (Lipinski definition) is 1. The van der Waals surface area contributed by atoms with Crippen molar-refractivity contribution in [2.45, 2.75) is 27.2 Å². The molecule has 0 fully saturated rings. The third kappa shape index (κ3) is 4.08. The fourth-order valence-electron chi connectivity index (χ4n) is 1.55. The number of hydrogen-bond donors (Lipinski definition) is 3. The monoisotopic (exact) mass is 247 g/mol. The van der Waals surface area contributed by atoms with Crippen LogP contribution in [0.1, 0.15) is 24.5 Å². The van der Waals surface area contributed by atoms with Crippen LogP contribution < -0.4 is 16.8 Å². The summed E-state index contributed by atoms with van der Waals surface area (Å²) in [6.45, 7) is 6.71. The van der Waals surface area contributed by atoms with Gasteiger partial charge in [-0.05, 0) is 31.4 Å². The summed E-state index contributed by atoms with van der Waals surface area (Å²) >= 11 is 0. The number of aryl methyl sites for hydroxylation is 2. The maximum absolute atomic E-state index is 5.79. The summed E-state index contributed by atoms with van der Waals surface area (Å²) < 4.78 is 0. The molecule has 0 radical (unpaired) electrons. The van der Waals surface area contributed by atoms with Crippen LogP contribution in [0.2, 0.25) is 0 Å². The SMILES string of the molecule is CCCN=C(N)N=C(N)Nc1c(C)cccc1C. The maximum Gasteiger partial charge on any atom is 0.218 e. The molecule has 0 aromatic heterocycles. The number of guanidine groups is 2. The third-order valence-corrected chi connectivity index (χ3v) is 2.47. The minimum absolute atomic E-state index is 0.202. The molecule has 0 aliphatic carbocycles. The molecule has 0 amide bonds. The van der Waals surface area contributed by atoms with E-state index in [1.165, 1.54) is 0 Å². The average Bonchev–Trinajstić information content (AvgIpc) is 2.31. The lowest BCUT2D eigenvalue weighted by atomic mass is 10.1. The van der Waals surface area contributed by atoms with Gasteiger partial charge in [-0.25, -0.2) is 0 Å². The molecule has 1 aromatic rings. The van der Waals surface area contributed by atoms with E-state index >= 15 is 0 Å². The van der Waals surface area contributed by atoms with Crippen LogP contribution in [-0.2, 0) is 0 Å². The first-order valence-electron chi connectivity index (χ1n) is 6.02. The Morgan fingerprint density at radius 1 is 1.22 bits per heavy atom. The van der Waals surface area contributed by atoms with Crippen molar-refractivity contribution in [2.24, 2.45) is 21.5 Å². The van der Waals surface area contributed by atoms with Crippen LogP contribution in [0.15, 0.2) is 28.2 Å². The first-order chi connectivity index (χ1) is 8.54. The van der Waals surface area contributed by atoms with E-state index in [-0.39, 0.29) is 11.9 Å². The van der Waals surface area contributed by atoms with Gasteiger partial charge in [0.05, 0.1) is 0 Å². The lowest BCUT2D eigenvalue weighted by Gasteiger charge is -2.11. The number of benzene rings is 1. The summed E-state index contributed by atoms with van der Waals surface area (Å²) in [7, 11) is 0. The number of aliphatic imine (C=N–C) groups is 2. The van der Waals surface area contributed by atoms with Crippen LogP contribution in [0.25, 0.3) is 0 Å². The molecule has 0 atom stereocenters. The Balaban J connectivity index is 2.81. The van der Waals surface area contributed by atoms with Gasteiger partial charge < -0.3 is 16.8 Å². The highest BCUT2D eigenvalue weighted by Gasteiger charge is 2.03. The van der Waals surface area contributed by atoms with Gasteiger partial charge in [-0.2, -0.15) is 4.99 Å². The van der Waals surface area contributed by atoms with E-state index < -0.39 is 0 Å². The summed E-state index contributed by atoms with van der Waals surface area (Å²) in [5.74, 6) is 0.456. The zero-order valence-corrected chi connectivity index (χ0v) is 11.2. The Morgan fingerprint density at radius 2 is 1.83 bits per heavy atom. The largest absolute Gasteiger partial charge is 0.369 e. The highest BCUT2D eigenvalue weighted by molar-refractivity contribution is 6.01. The van der Waals surface area contributed by atoms with Gasteiger partial charge in [0.1, 0.15) is 0 Å². The van der Waals surface area contributed by atoms with E-state index in [1.54, 1.807) is 0 Å². The normalized spacial score (nSPS) is 12.6. The number of para-hydroxylation sites is 1. The van der Waals surface area contributed by atoms with Crippen LogP contribution in [0.4, 0.5) is 5.69 Å². The molecule has 5 N–H and O–H groups in total. The first kappa shape index (κ1) is 14.0. The number of nitrogens with one attached hydrogen (secondary N) is 1. The lowest BCUT2D eigenvalue weighted by Crippen LogP contribution is -2.27. The maximum atomic E-state index is 5.79. The molecular formula is C13H21N5. The van der Waals surface area contributed by atoms with Crippen molar-refractivity contribution >= 4 is 17.6 Å². The van der Waals surface area contributed by atoms with Crippen molar-refractivity contribution in [1.82, 2.24) is 0 Å². The van der Waals surface area contributed by atoms with Crippen LogP contribution in [0.5, 0.6) is 0 Å². The molecule has 1 rings (SSSR count). The Labute approximate surface area is 108 Å². The van der Waals surface area contributed by atoms with Gasteiger partial charge >= 0.3 is 0 Å². The molecule has 0 aliphatic rings. The quantitative estimate of drug-likeness (QED) is 0.561. The molecule has 0 unspecified atom stereocenters. The van der Waals surface area contributed by atoms with Gasteiger partial charge in [-0.15, -0.1) is 0 Å². The molecule has 0 aliphatic heterocycles. The fraction of sp³-hybridized carbons (Fsp3) is 0.385.